The van der Waals surface area contributed by atoms with E-state index in [1.54, 1.807) is 32.2 Å². The lowest BCUT2D eigenvalue weighted by Crippen LogP contribution is -2.40. The third-order valence-electron chi connectivity index (χ3n) is 4.29. The largest absolute Gasteiger partial charge is 0.481 e. The number of hydrogen-bond donors (Lipinski definition) is 1. The second kappa shape index (κ2) is 8.50. The summed E-state index contributed by atoms with van der Waals surface area (Å²) in [4.78, 5) is 36.7. The minimum absolute atomic E-state index is 0.114. The molecule has 1 aliphatic heterocycles. The molecular formula is C18H23NO6. The minimum Gasteiger partial charge on any atom is -0.481 e. The van der Waals surface area contributed by atoms with Crippen molar-refractivity contribution in [1.29, 1.82) is 0 Å². The van der Waals surface area contributed by atoms with Gasteiger partial charge in [0, 0.05) is 25.5 Å². The van der Waals surface area contributed by atoms with Crippen LogP contribution in [-0.4, -0.2) is 47.5 Å². The van der Waals surface area contributed by atoms with Gasteiger partial charge in [-0.05, 0) is 38.0 Å². The maximum atomic E-state index is 12.6. The Balaban J connectivity index is 1.85. The highest BCUT2D eigenvalue weighted by Gasteiger charge is 2.25. The number of unbranched alkanes of at least 4 members (excludes halogenated alkanes) is 2. The average molecular weight is 349 g/mol. The minimum atomic E-state index is -0.827. The standard InChI is InChI=1S/C18H23NO6/c1-12(19(2)16(20)6-4-3-5-7-17(21)22)18(23)13-8-9-14-15(10-13)25-11-24-14/h8-10,12H,3-7,11H2,1-2H3,(H,21,22). The summed E-state index contributed by atoms with van der Waals surface area (Å²) in [7, 11) is 1.61. The number of nitrogens with zero attached hydrogens (tertiary/aromatic N) is 1. The fraction of sp³-hybridized carbons (Fsp3) is 0.500. The van der Waals surface area contributed by atoms with Crippen LogP contribution in [0.25, 0.3) is 0 Å². The molecule has 1 atom stereocenters. The fourth-order valence-corrected chi connectivity index (χ4v) is 2.59. The van der Waals surface area contributed by atoms with Gasteiger partial charge < -0.3 is 19.5 Å². The molecule has 1 aliphatic rings. The van der Waals surface area contributed by atoms with Gasteiger partial charge in [-0.1, -0.05) is 6.42 Å². The van der Waals surface area contributed by atoms with E-state index in [-0.39, 0.29) is 24.9 Å². The highest BCUT2D eigenvalue weighted by Crippen LogP contribution is 2.33. The molecule has 1 aromatic rings. The highest BCUT2D eigenvalue weighted by atomic mass is 16.7. The van der Waals surface area contributed by atoms with Crippen molar-refractivity contribution in [2.24, 2.45) is 0 Å². The first-order chi connectivity index (χ1) is 11.9. The van der Waals surface area contributed by atoms with Crippen molar-refractivity contribution < 1.29 is 29.0 Å². The summed E-state index contributed by atoms with van der Waals surface area (Å²) in [6, 6.07) is 4.39. The van der Waals surface area contributed by atoms with Crippen LogP contribution >= 0.6 is 0 Å². The van der Waals surface area contributed by atoms with Crippen molar-refractivity contribution in [3.63, 3.8) is 0 Å². The zero-order valence-electron chi connectivity index (χ0n) is 14.5. The van der Waals surface area contributed by atoms with Crippen LogP contribution in [0.1, 0.15) is 49.4 Å². The number of fused-ring (bicyclic) bond motifs is 1. The number of carboxylic acid groups (broad SMARTS) is 1. The lowest BCUT2D eigenvalue weighted by molar-refractivity contribution is -0.137. The molecule has 0 aromatic heterocycles. The third kappa shape index (κ3) is 4.95. The predicted molar refractivity (Wildman–Crippen MR) is 89.8 cm³/mol. The van der Waals surface area contributed by atoms with Gasteiger partial charge in [-0.2, -0.15) is 0 Å². The number of amides is 1. The molecule has 0 fully saturated rings. The zero-order valence-corrected chi connectivity index (χ0v) is 14.5. The Bertz CT molecular complexity index is 657. The van der Waals surface area contributed by atoms with Crippen LogP contribution in [0.15, 0.2) is 18.2 Å². The SMILES string of the molecule is CC(C(=O)c1ccc2c(c1)OCO2)N(C)C(=O)CCCCCC(=O)O. The summed E-state index contributed by atoms with van der Waals surface area (Å²) in [6.07, 6.45) is 2.26. The molecule has 1 heterocycles. The Labute approximate surface area is 146 Å². The molecule has 0 saturated carbocycles. The lowest BCUT2D eigenvalue weighted by atomic mass is 10.0. The van der Waals surface area contributed by atoms with E-state index in [4.69, 9.17) is 14.6 Å². The molecule has 1 amide bonds. The first kappa shape index (κ1) is 18.8. The quantitative estimate of drug-likeness (QED) is 0.544. The number of carbonyl (C=O) groups is 3. The van der Waals surface area contributed by atoms with E-state index in [1.807, 2.05) is 0 Å². The van der Waals surface area contributed by atoms with Crippen LogP contribution in [0, 0.1) is 0 Å². The van der Waals surface area contributed by atoms with Crippen molar-refractivity contribution in [2.75, 3.05) is 13.8 Å². The van der Waals surface area contributed by atoms with E-state index in [0.717, 1.165) is 0 Å². The summed E-state index contributed by atoms with van der Waals surface area (Å²) in [5.41, 5.74) is 0.470. The summed E-state index contributed by atoms with van der Waals surface area (Å²) in [5, 5.41) is 8.58. The molecule has 1 N–H and O–H groups in total. The van der Waals surface area contributed by atoms with Gasteiger partial charge in [0.05, 0.1) is 6.04 Å². The third-order valence-corrected chi connectivity index (χ3v) is 4.29. The van der Waals surface area contributed by atoms with E-state index in [9.17, 15) is 14.4 Å². The van der Waals surface area contributed by atoms with Crippen molar-refractivity contribution in [2.45, 2.75) is 45.1 Å². The molecule has 0 saturated heterocycles. The van der Waals surface area contributed by atoms with Crippen molar-refractivity contribution in [3.05, 3.63) is 23.8 Å². The van der Waals surface area contributed by atoms with Crippen molar-refractivity contribution >= 4 is 17.7 Å². The molecule has 2 rings (SSSR count). The van der Waals surface area contributed by atoms with E-state index in [0.29, 0.717) is 42.7 Å². The van der Waals surface area contributed by atoms with Gasteiger partial charge in [-0.3, -0.25) is 14.4 Å². The number of Topliss-reactive ketones (excluding diaryl/α,β-unsaturated/α-hetero) is 1. The van der Waals surface area contributed by atoms with Crippen LogP contribution in [0.4, 0.5) is 0 Å². The zero-order chi connectivity index (χ0) is 18.4. The summed E-state index contributed by atoms with van der Waals surface area (Å²) in [6.45, 7) is 1.83. The van der Waals surface area contributed by atoms with Crippen LogP contribution in [0.3, 0.4) is 0 Å². The first-order valence-electron chi connectivity index (χ1n) is 8.31. The van der Waals surface area contributed by atoms with E-state index in [1.165, 1.54) is 4.90 Å². The molecule has 0 spiro atoms. The maximum Gasteiger partial charge on any atom is 0.303 e. The van der Waals surface area contributed by atoms with Gasteiger partial charge in [0.2, 0.25) is 12.7 Å². The molecule has 0 bridgehead atoms. The molecule has 136 valence electrons. The fourth-order valence-electron chi connectivity index (χ4n) is 2.59. The van der Waals surface area contributed by atoms with Gasteiger partial charge in [0.25, 0.3) is 0 Å². The number of likely N-dealkylation sites (N-methyl/N-ethyl adjacent to an activating group) is 1. The topological polar surface area (TPSA) is 93.1 Å². The van der Waals surface area contributed by atoms with Gasteiger partial charge >= 0.3 is 5.97 Å². The average Bonchev–Trinajstić information content (AvgIpc) is 3.06. The number of aliphatic carboxylic acids is 1. The molecule has 7 nitrogen and oxygen atoms in total. The summed E-state index contributed by atoms with van der Waals surface area (Å²) >= 11 is 0. The normalized spacial score (nSPS) is 13.4. The van der Waals surface area contributed by atoms with E-state index < -0.39 is 12.0 Å². The number of benzene rings is 1. The number of carbonyl (C=O) groups excluding carboxylic acids is 2. The lowest BCUT2D eigenvalue weighted by Gasteiger charge is -2.24. The van der Waals surface area contributed by atoms with Crippen molar-refractivity contribution in [1.82, 2.24) is 4.90 Å². The van der Waals surface area contributed by atoms with Gasteiger partial charge in [-0.25, -0.2) is 0 Å². The molecule has 0 aliphatic carbocycles. The Hall–Kier alpha value is -2.57. The van der Waals surface area contributed by atoms with Crippen molar-refractivity contribution in [3.8, 4) is 11.5 Å². The maximum absolute atomic E-state index is 12.6. The number of carboxylic acids is 1. The first-order valence-corrected chi connectivity index (χ1v) is 8.31. The summed E-state index contributed by atoms with van der Waals surface area (Å²) in [5.74, 6) is 0.0174. The Morgan fingerprint density at radius 3 is 2.52 bits per heavy atom. The number of rotatable bonds is 9. The van der Waals surface area contributed by atoms with Gasteiger partial charge in [-0.15, -0.1) is 0 Å². The van der Waals surface area contributed by atoms with Gasteiger partial charge in [0.1, 0.15) is 0 Å². The highest BCUT2D eigenvalue weighted by molar-refractivity contribution is 6.02. The number of ketones is 1. The monoisotopic (exact) mass is 349 g/mol. The van der Waals surface area contributed by atoms with E-state index >= 15 is 0 Å². The van der Waals surface area contributed by atoms with Crippen LogP contribution < -0.4 is 9.47 Å². The second-order valence-corrected chi connectivity index (χ2v) is 6.07. The van der Waals surface area contributed by atoms with Crippen LogP contribution in [0.5, 0.6) is 11.5 Å². The molecule has 1 aromatic carbocycles. The molecule has 25 heavy (non-hydrogen) atoms. The van der Waals surface area contributed by atoms with Crippen LogP contribution in [-0.2, 0) is 9.59 Å². The Morgan fingerprint density at radius 1 is 1.12 bits per heavy atom. The smallest absolute Gasteiger partial charge is 0.303 e. The molecule has 1 unspecified atom stereocenters. The number of ether oxygens (including phenoxy) is 2. The van der Waals surface area contributed by atoms with Gasteiger partial charge in [0.15, 0.2) is 17.3 Å². The Kier molecular flexibility index (Phi) is 6.38. The summed E-state index contributed by atoms with van der Waals surface area (Å²) < 4.78 is 10.5. The molecule has 0 radical (unpaired) electrons. The molecule has 7 heteroatoms. The van der Waals surface area contributed by atoms with Crippen LogP contribution in [0.2, 0.25) is 0 Å². The second-order valence-electron chi connectivity index (χ2n) is 6.07. The Morgan fingerprint density at radius 2 is 1.80 bits per heavy atom. The predicted octanol–water partition coefficient (Wildman–Crippen LogP) is 2.48. The van der Waals surface area contributed by atoms with E-state index in [2.05, 4.69) is 0 Å². The molecular weight excluding hydrogens is 326 g/mol. The number of hydrogen-bond acceptors (Lipinski definition) is 5.